The molecule has 0 radical (unpaired) electrons. The SMILES string of the molecule is Brc1nc2c(I)c(I)c(I)c(I)c2[nH]1. The Morgan fingerprint density at radius 2 is 1.50 bits per heavy atom. The van der Waals surface area contributed by atoms with Crippen LogP contribution in [0.2, 0.25) is 0 Å². The van der Waals surface area contributed by atoms with Crippen molar-refractivity contribution in [2.24, 2.45) is 0 Å². The molecule has 2 rings (SSSR count). The van der Waals surface area contributed by atoms with Crippen LogP contribution < -0.4 is 0 Å². The highest BCUT2D eigenvalue weighted by molar-refractivity contribution is 14.1. The van der Waals surface area contributed by atoms with E-state index in [1.165, 1.54) is 14.3 Å². The van der Waals surface area contributed by atoms with Crippen molar-refractivity contribution >= 4 is 117 Å². The zero-order valence-corrected chi connectivity index (χ0v) is 16.6. The minimum absolute atomic E-state index is 0.793. The summed E-state index contributed by atoms with van der Waals surface area (Å²) < 4.78 is 5.81. The van der Waals surface area contributed by atoms with Gasteiger partial charge in [0.05, 0.1) is 12.7 Å². The van der Waals surface area contributed by atoms with Crippen LogP contribution in [0, 0.1) is 14.3 Å². The van der Waals surface area contributed by atoms with Gasteiger partial charge in [-0.25, -0.2) is 4.98 Å². The van der Waals surface area contributed by atoms with Crippen LogP contribution in [-0.2, 0) is 0 Å². The van der Waals surface area contributed by atoms with Crippen molar-refractivity contribution in [3.05, 3.63) is 19.0 Å². The predicted molar refractivity (Wildman–Crippen MR) is 94.7 cm³/mol. The van der Waals surface area contributed by atoms with E-state index in [0.717, 1.165) is 15.8 Å². The maximum Gasteiger partial charge on any atom is 0.175 e. The molecule has 1 heterocycles. The van der Waals surface area contributed by atoms with Crippen LogP contribution in [0.15, 0.2) is 4.73 Å². The molecule has 0 aliphatic carbocycles. The van der Waals surface area contributed by atoms with E-state index in [4.69, 9.17) is 0 Å². The molecule has 0 atom stereocenters. The quantitative estimate of drug-likeness (QED) is 0.240. The van der Waals surface area contributed by atoms with Gasteiger partial charge in [-0.15, -0.1) is 0 Å². The van der Waals surface area contributed by atoms with Gasteiger partial charge in [0.15, 0.2) is 4.73 Å². The van der Waals surface area contributed by atoms with Gasteiger partial charge in [-0.05, 0) is 106 Å². The Bertz CT molecular complexity index is 477. The fraction of sp³-hybridized carbons (Fsp3) is 0. The summed E-state index contributed by atoms with van der Waals surface area (Å²) in [4.78, 5) is 7.64. The number of imidazole rings is 1. The van der Waals surface area contributed by atoms with Gasteiger partial charge in [0.25, 0.3) is 0 Å². The van der Waals surface area contributed by atoms with Crippen LogP contribution in [-0.4, -0.2) is 9.97 Å². The molecule has 1 N–H and O–H groups in total. The number of nitrogens with one attached hydrogen (secondary N) is 1. The van der Waals surface area contributed by atoms with Crippen molar-refractivity contribution in [2.45, 2.75) is 0 Å². The normalized spacial score (nSPS) is 11.2. The molecule has 0 aliphatic heterocycles. The van der Waals surface area contributed by atoms with Gasteiger partial charge in [0.1, 0.15) is 5.52 Å². The molecule has 0 saturated carbocycles. The average molecular weight is 701 g/mol. The van der Waals surface area contributed by atoms with E-state index in [9.17, 15) is 0 Å². The second-order valence-electron chi connectivity index (χ2n) is 2.51. The number of aromatic amines is 1. The van der Waals surface area contributed by atoms with Crippen LogP contribution in [0.3, 0.4) is 0 Å². The minimum Gasteiger partial charge on any atom is -0.332 e. The molecule has 0 fully saturated rings. The monoisotopic (exact) mass is 700 g/mol. The molecule has 0 bridgehead atoms. The third kappa shape index (κ3) is 2.08. The van der Waals surface area contributed by atoms with E-state index in [1.54, 1.807) is 0 Å². The molecule has 0 spiro atoms. The lowest BCUT2D eigenvalue weighted by Crippen LogP contribution is -1.92. The third-order valence-corrected chi connectivity index (χ3v) is 9.44. The highest BCUT2D eigenvalue weighted by atomic mass is 127. The fourth-order valence-corrected chi connectivity index (χ4v) is 4.86. The van der Waals surface area contributed by atoms with Crippen molar-refractivity contribution in [3.8, 4) is 0 Å². The lowest BCUT2D eigenvalue weighted by atomic mass is 10.3. The van der Waals surface area contributed by atoms with Gasteiger partial charge in [-0.1, -0.05) is 0 Å². The summed E-state index contributed by atoms with van der Waals surface area (Å²) >= 11 is 12.8. The third-order valence-electron chi connectivity index (χ3n) is 1.68. The smallest absolute Gasteiger partial charge is 0.175 e. The molecule has 1 aromatic carbocycles. The van der Waals surface area contributed by atoms with Crippen LogP contribution >= 0.6 is 106 Å². The van der Waals surface area contributed by atoms with Crippen LogP contribution in [0.25, 0.3) is 11.0 Å². The van der Waals surface area contributed by atoms with Crippen LogP contribution in [0.1, 0.15) is 0 Å². The first-order chi connectivity index (χ1) is 6.52. The highest BCUT2D eigenvalue weighted by Gasteiger charge is 2.15. The molecule has 0 amide bonds. The lowest BCUT2D eigenvalue weighted by Gasteiger charge is -2.03. The molecule has 0 unspecified atom stereocenters. The number of aromatic nitrogens is 2. The lowest BCUT2D eigenvalue weighted by molar-refractivity contribution is 1.26. The highest BCUT2D eigenvalue weighted by Crippen LogP contribution is 2.33. The summed E-state index contributed by atoms with van der Waals surface area (Å²) in [5, 5.41) is 0. The molecule has 0 saturated heterocycles. The summed E-state index contributed by atoms with van der Waals surface area (Å²) in [5.74, 6) is 0. The van der Waals surface area contributed by atoms with Crippen molar-refractivity contribution in [1.29, 1.82) is 0 Å². The Hall–Kier alpha value is 2.09. The summed E-state index contributed by atoms with van der Waals surface area (Å²) in [6.45, 7) is 0. The molecule has 7 heteroatoms. The molecule has 74 valence electrons. The van der Waals surface area contributed by atoms with Gasteiger partial charge in [-0.2, -0.15) is 0 Å². The number of hydrogen-bond donors (Lipinski definition) is 1. The van der Waals surface area contributed by atoms with Crippen LogP contribution in [0.5, 0.6) is 0 Å². The number of halogens is 5. The molecular weight excluding hydrogens is 700 g/mol. The van der Waals surface area contributed by atoms with E-state index in [0.29, 0.717) is 0 Å². The Labute approximate surface area is 143 Å². The number of fused-ring (bicyclic) bond motifs is 1. The first-order valence-corrected chi connectivity index (χ1v) is 8.50. The van der Waals surface area contributed by atoms with Gasteiger partial charge >= 0.3 is 0 Å². The van der Waals surface area contributed by atoms with Crippen molar-refractivity contribution < 1.29 is 0 Å². The van der Waals surface area contributed by atoms with Crippen LogP contribution in [0.4, 0.5) is 0 Å². The second-order valence-corrected chi connectivity index (χ2v) is 7.57. The fourth-order valence-electron chi connectivity index (χ4n) is 1.07. The van der Waals surface area contributed by atoms with E-state index < -0.39 is 0 Å². The summed E-state index contributed by atoms with van der Waals surface area (Å²) in [5.41, 5.74) is 2.17. The Morgan fingerprint density at radius 1 is 0.929 bits per heavy atom. The molecule has 1 aromatic heterocycles. The maximum atomic E-state index is 4.42. The number of benzene rings is 1. The standard InChI is InChI=1S/C7HBrI4N2/c8-7-13-5-3(11)1(9)2(10)4(12)6(5)14-7/h(H,13,14). The van der Waals surface area contributed by atoms with Crippen molar-refractivity contribution in [3.63, 3.8) is 0 Å². The zero-order valence-electron chi connectivity index (χ0n) is 6.34. The molecule has 2 nitrogen and oxygen atoms in total. The van der Waals surface area contributed by atoms with E-state index >= 15 is 0 Å². The second kappa shape index (κ2) is 4.76. The predicted octanol–water partition coefficient (Wildman–Crippen LogP) is 4.74. The first kappa shape index (κ1) is 12.5. The summed E-state index contributed by atoms with van der Waals surface area (Å²) in [6, 6.07) is 0. The number of H-pyrrole nitrogens is 1. The zero-order chi connectivity index (χ0) is 10.5. The first-order valence-electron chi connectivity index (χ1n) is 3.39. The Kier molecular flexibility index (Phi) is 4.26. The van der Waals surface area contributed by atoms with E-state index in [1.807, 2.05) is 0 Å². The van der Waals surface area contributed by atoms with Crippen molar-refractivity contribution in [2.75, 3.05) is 0 Å². The largest absolute Gasteiger partial charge is 0.332 e. The molecule has 14 heavy (non-hydrogen) atoms. The maximum absolute atomic E-state index is 4.42. The van der Waals surface area contributed by atoms with E-state index in [-0.39, 0.29) is 0 Å². The van der Waals surface area contributed by atoms with Gasteiger partial charge in [0.2, 0.25) is 0 Å². The van der Waals surface area contributed by atoms with Gasteiger partial charge < -0.3 is 4.98 Å². The molecular formula is C7HBrI4N2. The number of nitrogens with zero attached hydrogens (tertiary/aromatic N) is 1. The van der Waals surface area contributed by atoms with E-state index in [2.05, 4.69) is 116 Å². The van der Waals surface area contributed by atoms with Crippen molar-refractivity contribution in [1.82, 2.24) is 9.97 Å². The summed E-state index contributed by atoms with van der Waals surface area (Å²) in [6.07, 6.45) is 0. The number of hydrogen-bond acceptors (Lipinski definition) is 1. The molecule has 2 aromatic rings. The summed E-state index contributed by atoms with van der Waals surface area (Å²) in [7, 11) is 0. The topological polar surface area (TPSA) is 28.7 Å². The van der Waals surface area contributed by atoms with Gasteiger partial charge in [-0.3, -0.25) is 0 Å². The van der Waals surface area contributed by atoms with Gasteiger partial charge in [0, 0.05) is 7.14 Å². The minimum atomic E-state index is 0.793. The Balaban J connectivity index is 3.01. The molecule has 0 aliphatic rings. The number of rotatable bonds is 0. The average Bonchev–Trinajstić information content (AvgIpc) is 2.54. The Morgan fingerprint density at radius 3 is 2.14 bits per heavy atom.